The Morgan fingerprint density at radius 3 is 2.71 bits per heavy atom. The third-order valence-electron chi connectivity index (χ3n) is 3.57. The number of rotatable bonds is 2. The van der Waals surface area contributed by atoms with Gasteiger partial charge in [-0.05, 0) is 31.2 Å². The van der Waals surface area contributed by atoms with Gasteiger partial charge in [0.2, 0.25) is 5.91 Å². The summed E-state index contributed by atoms with van der Waals surface area (Å²) in [6.45, 7) is 6.20. The second-order valence-electron chi connectivity index (χ2n) is 5.23. The number of carbonyl (C=O) groups excluding carboxylic acids is 1. The van der Waals surface area contributed by atoms with Crippen LogP contribution >= 0.6 is 0 Å². The Balaban J connectivity index is 1.93. The third kappa shape index (κ3) is 3.32. The molecule has 1 aliphatic heterocycles. The summed E-state index contributed by atoms with van der Waals surface area (Å²) in [5, 5.41) is 0. The van der Waals surface area contributed by atoms with Gasteiger partial charge in [-0.25, -0.2) is 0 Å². The molecular formula is C15H21NO. The molecule has 0 atom stereocenters. The van der Waals surface area contributed by atoms with Gasteiger partial charge in [0, 0.05) is 13.1 Å². The molecule has 0 radical (unpaired) electrons. The van der Waals surface area contributed by atoms with E-state index in [1.165, 1.54) is 5.56 Å². The Bertz CT molecular complexity index is 392. The Kier molecular flexibility index (Phi) is 3.82. The number of likely N-dealkylation sites (tertiary alicyclic amines) is 1. The molecule has 0 unspecified atom stereocenters. The maximum absolute atomic E-state index is 12.1. The third-order valence-corrected chi connectivity index (χ3v) is 3.57. The molecule has 0 spiro atoms. The van der Waals surface area contributed by atoms with Crippen molar-refractivity contribution in [3.63, 3.8) is 0 Å². The van der Waals surface area contributed by atoms with Crippen LogP contribution in [0.15, 0.2) is 24.3 Å². The quantitative estimate of drug-likeness (QED) is 0.766. The van der Waals surface area contributed by atoms with Crippen LogP contribution in [0.4, 0.5) is 0 Å². The van der Waals surface area contributed by atoms with Gasteiger partial charge in [-0.2, -0.15) is 0 Å². The molecule has 1 aromatic rings. The van der Waals surface area contributed by atoms with Crippen LogP contribution in [0.2, 0.25) is 0 Å². The molecule has 1 amide bonds. The summed E-state index contributed by atoms with van der Waals surface area (Å²) < 4.78 is 0. The molecule has 17 heavy (non-hydrogen) atoms. The van der Waals surface area contributed by atoms with E-state index in [1.807, 2.05) is 17.0 Å². The number of benzene rings is 1. The number of piperidine rings is 1. The summed E-state index contributed by atoms with van der Waals surface area (Å²) in [6.07, 6.45) is 2.86. The SMILES string of the molecule is Cc1cccc(CC(=O)N2CCC(C)CC2)c1. The highest BCUT2D eigenvalue weighted by molar-refractivity contribution is 5.78. The normalized spacial score (nSPS) is 17.2. The minimum atomic E-state index is 0.280. The highest BCUT2D eigenvalue weighted by atomic mass is 16.2. The Labute approximate surface area is 104 Å². The molecule has 1 fully saturated rings. The van der Waals surface area contributed by atoms with Gasteiger partial charge < -0.3 is 4.90 Å². The van der Waals surface area contributed by atoms with E-state index < -0.39 is 0 Å². The van der Waals surface area contributed by atoms with E-state index in [1.54, 1.807) is 0 Å². The zero-order chi connectivity index (χ0) is 12.3. The molecule has 1 heterocycles. The number of nitrogens with zero attached hydrogens (tertiary/aromatic N) is 1. The van der Waals surface area contributed by atoms with Crippen molar-refractivity contribution in [2.45, 2.75) is 33.1 Å². The molecule has 1 saturated heterocycles. The van der Waals surface area contributed by atoms with E-state index in [-0.39, 0.29) is 5.91 Å². The lowest BCUT2D eigenvalue weighted by atomic mass is 9.98. The molecule has 0 N–H and O–H groups in total. The maximum Gasteiger partial charge on any atom is 0.226 e. The summed E-state index contributed by atoms with van der Waals surface area (Å²) in [6, 6.07) is 8.23. The minimum Gasteiger partial charge on any atom is -0.342 e. The van der Waals surface area contributed by atoms with E-state index in [0.29, 0.717) is 6.42 Å². The van der Waals surface area contributed by atoms with Crippen LogP contribution < -0.4 is 0 Å². The van der Waals surface area contributed by atoms with Gasteiger partial charge in [0.1, 0.15) is 0 Å². The lowest BCUT2D eigenvalue weighted by Gasteiger charge is -2.30. The molecule has 2 heteroatoms. The van der Waals surface area contributed by atoms with Crippen molar-refractivity contribution < 1.29 is 4.79 Å². The Hall–Kier alpha value is -1.31. The van der Waals surface area contributed by atoms with E-state index >= 15 is 0 Å². The van der Waals surface area contributed by atoms with E-state index in [9.17, 15) is 4.79 Å². The summed E-state index contributed by atoms with van der Waals surface area (Å²) >= 11 is 0. The summed E-state index contributed by atoms with van der Waals surface area (Å²) in [5.41, 5.74) is 2.36. The molecule has 2 nitrogen and oxygen atoms in total. The number of aryl methyl sites for hydroxylation is 1. The fraction of sp³-hybridized carbons (Fsp3) is 0.533. The van der Waals surface area contributed by atoms with E-state index in [2.05, 4.69) is 26.0 Å². The fourth-order valence-electron chi connectivity index (χ4n) is 2.37. The molecule has 92 valence electrons. The van der Waals surface area contributed by atoms with Gasteiger partial charge >= 0.3 is 0 Å². The predicted octanol–water partition coefficient (Wildman–Crippen LogP) is 2.80. The highest BCUT2D eigenvalue weighted by Crippen LogP contribution is 2.17. The van der Waals surface area contributed by atoms with Crippen molar-refractivity contribution in [3.05, 3.63) is 35.4 Å². The van der Waals surface area contributed by atoms with Crippen LogP contribution in [0.25, 0.3) is 0 Å². The van der Waals surface area contributed by atoms with Crippen molar-refractivity contribution in [1.29, 1.82) is 0 Å². The van der Waals surface area contributed by atoms with Crippen molar-refractivity contribution in [2.24, 2.45) is 5.92 Å². The van der Waals surface area contributed by atoms with Crippen molar-refractivity contribution in [1.82, 2.24) is 4.90 Å². The number of amides is 1. The predicted molar refractivity (Wildman–Crippen MR) is 69.9 cm³/mol. The topological polar surface area (TPSA) is 20.3 Å². The van der Waals surface area contributed by atoms with Crippen LogP contribution in [0.3, 0.4) is 0 Å². The van der Waals surface area contributed by atoms with Crippen molar-refractivity contribution in [2.75, 3.05) is 13.1 Å². The van der Waals surface area contributed by atoms with E-state index in [0.717, 1.165) is 37.4 Å². The first-order valence-corrected chi connectivity index (χ1v) is 6.48. The van der Waals surface area contributed by atoms with Crippen molar-refractivity contribution >= 4 is 5.91 Å². The summed E-state index contributed by atoms with van der Waals surface area (Å²) in [4.78, 5) is 14.1. The average molecular weight is 231 g/mol. The maximum atomic E-state index is 12.1. The molecule has 0 aliphatic carbocycles. The number of hydrogen-bond acceptors (Lipinski definition) is 1. The number of carbonyl (C=O) groups is 1. The smallest absolute Gasteiger partial charge is 0.226 e. The summed E-state index contributed by atoms with van der Waals surface area (Å²) in [5.74, 6) is 1.06. The molecule has 0 bridgehead atoms. The van der Waals surface area contributed by atoms with Gasteiger partial charge in [0.15, 0.2) is 0 Å². The first-order valence-electron chi connectivity index (χ1n) is 6.48. The van der Waals surface area contributed by atoms with Crippen LogP contribution in [-0.4, -0.2) is 23.9 Å². The Morgan fingerprint density at radius 1 is 1.35 bits per heavy atom. The van der Waals surface area contributed by atoms with Crippen LogP contribution in [0, 0.1) is 12.8 Å². The molecule has 2 rings (SSSR count). The highest BCUT2D eigenvalue weighted by Gasteiger charge is 2.20. The van der Waals surface area contributed by atoms with Gasteiger partial charge in [0.25, 0.3) is 0 Å². The standard InChI is InChI=1S/C15H21NO/c1-12-6-8-16(9-7-12)15(17)11-14-5-3-4-13(2)10-14/h3-5,10,12H,6-9,11H2,1-2H3. The van der Waals surface area contributed by atoms with Crippen molar-refractivity contribution in [3.8, 4) is 0 Å². The Morgan fingerprint density at radius 2 is 2.06 bits per heavy atom. The second-order valence-corrected chi connectivity index (χ2v) is 5.23. The number of hydrogen-bond donors (Lipinski definition) is 0. The molecule has 0 aromatic heterocycles. The van der Waals surface area contributed by atoms with Crippen LogP contribution in [0.1, 0.15) is 30.9 Å². The van der Waals surface area contributed by atoms with Crippen LogP contribution in [-0.2, 0) is 11.2 Å². The molecule has 1 aromatic carbocycles. The lowest BCUT2D eigenvalue weighted by Crippen LogP contribution is -2.38. The van der Waals surface area contributed by atoms with Gasteiger partial charge in [-0.3, -0.25) is 4.79 Å². The summed E-state index contributed by atoms with van der Waals surface area (Å²) in [7, 11) is 0. The minimum absolute atomic E-state index is 0.280. The largest absolute Gasteiger partial charge is 0.342 e. The first kappa shape index (κ1) is 12.2. The van der Waals surface area contributed by atoms with Crippen LogP contribution in [0.5, 0.6) is 0 Å². The zero-order valence-corrected chi connectivity index (χ0v) is 10.8. The van der Waals surface area contributed by atoms with Gasteiger partial charge in [-0.1, -0.05) is 36.8 Å². The van der Waals surface area contributed by atoms with E-state index in [4.69, 9.17) is 0 Å². The first-order chi connectivity index (χ1) is 8.15. The zero-order valence-electron chi connectivity index (χ0n) is 10.8. The molecule has 1 aliphatic rings. The monoisotopic (exact) mass is 231 g/mol. The average Bonchev–Trinajstić information content (AvgIpc) is 2.29. The molecule has 0 saturated carbocycles. The molecular weight excluding hydrogens is 210 g/mol. The second kappa shape index (κ2) is 5.35. The lowest BCUT2D eigenvalue weighted by molar-refractivity contribution is -0.131. The fourth-order valence-corrected chi connectivity index (χ4v) is 2.37. The van der Waals surface area contributed by atoms with Gasteiger partial charge in [-0.15, -0.1) is 0 Å². The van der Waals surface area contributed by atoms with Gasteiger partial charge in [0.05, 0.1) is 6.42 Å².